The number of nitrogens with zero attached hydrogens (tertiary/aromatic N) is 1. The summed E-state index contributed by atoms with van der Waals surface area (Å²) >= 11 is 0.651. The Kier molecular flexibility index (Phi) is 5.14. The van der Waals surface area contributed by atoms with E-state index in [9.17, 15) is 23.1 Å². The zero-order valence-electron chi connectivity index (χ0n) is 9.69. The summed E-state index contributed by atoms with van der Waals surface area (Å²) in [7, 11) is 0. The molecule has 1 aromatic carbocycles. The third kappa shape index (κ3) is 3.56. The van der Waals surface area contributed by atoms with Crippen LogP contribution in [0.3, 0.4) is 0 Å². The number of aromatic nitrogens is 1. The van der Waals surface area contributed by atoms with Crippen molar-refractivity contribution in [1.29, 1.82) is 0 Å². The predicted octanol–water partition coefficient (Wildman–Crippen LogP) is -0.804. The van der Waals surface area contributed by atoms with Crippen LogP contribution in [0.25, 0.3) is 10.6 Å². The molecule has 0 bridgehead atoms. The number of carbonyl (C=O) groups is 1. The van der Waals surface area contributed by atoms with E-state index in [4.69, 9.17) is 0 Å². The Labute approximate surface area is 132 Å². The maximum absolute atomic E-state index is 12.7. The Morgan fingerprint density at radius 2 is 1.89 bits per heavy atom. The molecule has 0 saturated carbocycles. The number of halogens is 3. The number of rotatable bonds is 2. The number of thiazole rings is 1. The number of carboxylic acid groups (broad SMARTS) is 1. The summed E-state index contributed by atoms with van der Waals surface area (Å²) < 4.78 is 38.2. The van der Waals surface area contributed by atoms with Gasteiger partial charge in [-0.25, -0.2) is 4.98 Å². The van der Waals surface area contributed by atoms with E-state index < -0.39 is 17.7 Å². The van der Waals surface area contributed by atoms with Crippen molar-refractivity contribution in [2.24, 2.45) is 0 Å². The summed E-state index contributed by atoms with van der Waals surface area (Å²) in [5, 5.41) is 10.6. The minimum Gasteiger partial charge on any atom is -0.544 e. The van der Waals surface area contributed by atoms with Gasteiger partial charge in [0.2, 0.25) is 0 Å². The first-order chi connectivity index (χ1) is 8.39. The van der Waals surface area contributed by atoms with Crippen LogP contribution in [0.2, 0.25) is 0 Å². The molecule has 0 N–H and O–H groups in total. The molecule has 1 heterocycles. The van der Waals surface area contributed by atoms with E-state index in [1.807, 2.05) is 0 Å². The zero-order chi connectivity index (χ0) is 13.3. The number of hydrogen-bond donors (Lipinski definition) is 0. The summed E-state index contributed by atoms with van der Waals surface area (Å²) in [6, 6.07) is 4.88. The topological polar surface area (TPSA) is 53.0 Å². The van der Waals surface area contributed by atoms with Gasteiger partial charge in [0, 0.05) is 11.8 Å². The van der Waals surface area contributed by atoms with E-state index in [1.54, 1.807) is 0 Å². The molecule has 0 saturated heterocycles. The number of aromatic carboxylic acids is 1. The molecule has 0 aliphatic rings. The standard InChI is InChI=1S/C11H6F3NO2S.Na/c12-11(13,14)7-4-2-1-3-6(7)9-15-5-8(18-9)10(16)17;/h1-5H,(H,16,17);/q;+1/p-1. The monoisotopic (exact) mass is 295 g/mol. The van der Waals surface area contributed by atoms with Gasteiger partial charge in [-0.15, -0.1) is 11.3 Å². The minimum atomic E-state index is -4.51. The fraction of sp³-hybridized carbons (Fsp3) is 0.0909. The second-order valence-corrected chi connectivity index (χ2v) is 4.39. The normalized spacial score (nSPS) is 10.9. The SMILES string of the molecule is O=C([O-])c1cnc(-c2ccccc2C(F)(F)F)s1.[Na+]. The van der Waals surface area contributed by atoms with E-state index in [0.717, 1.165) is 12.3 Å². The van der Waals surface area contributed by atoms with Crippen molar-refractivity contribution in [1.82, 2.24) is 4.98 Å². The van der Waals surface area contributed by atoms with Crippen LogP contribution in [0, 0.1) is 0 Å². The van der Waals surface area contributed by atoms with Gasteiger partial charge in [0.05, 0.1) is 16.4 Å². The molecule has 8 heteroatoms. The van der Waals surface area contributed by atoms with Gasteiger partial charge in [-0.2, -0.15) is 13.2 Å². The Balaban J connectivity index is 0.00000180. The number of hydrogen-bond acceptors (Lipinski definition) is 4. The first-order valence-corrected chi connectivity index (χ1v) is 5.55. The summed E-state index contributed by atoms with van der Waals surface area (Å²) in [4.78, 5) is 14.0. The second kappa shape index (κ2) is 6.04. The van der Waals surface area contributed by atoms with Crippen LogP contribution in [0.1, 0.15) is 15.2 Å². The van der Waals surface area contributed by atoms with E-state index in [0.29, 0.717) is 11.3 Å². The molecule has 0 atom stereocenters. The average Bonchev–Trinajstić information content (AvgIpc) is 2.77. The third-order valence-electron chi connectivity index (χ3n) is 2.17. The maximum Gasteiger partial charge on any atom is 1.00 e. The molecule has 0 aliphatic heterocycles. The van der Waals surface area contributed by atoms with Gasteiger partial charge in [-0.3, -0.25) is 0 Å². The van der Waals surface area contributed by atoms with Crippen molar-refractivity contribution in [3.63, 3.8) is 0 Å². The first kappa shape index (κ1) is 16.2. The van der Waals surface area contributed by atoms with E-state index in [1.165, 1.54) is 18.2 Å². The molecular weight excluding hydrogens is 290 g/mol. The molecule has 3 nitrogen and oxygen atoms in total. The van der Waals surface area contributed by atoms with Crippen molar-refractivity contribution in [3.05, 3.63) is 40.9 Å². The molecule has 94 valence electrons. The molecule has 2 aromatic rings. The van der Waals surface area contributed by atoms with Crippen LogP contribution >= 0.6 is 11.3 Å². The van der Waals surface area contributed by atoms with Gasteiger partial charge in [0.15, 0.2) is 0 Å². The molecule has 1 aromatic heterocycles. The quantitative estimate of drug-likeness (QED) is 0.681. The smallest absolute Gasteiger partial charge is 0.544 e. The molecule has 2 rings (SSSR count). The van der Waals surface area contributed by atoms with Crippen molar-refractivity contribution in [2.75, 3.05) is 0 Å². The van der Waals surface area contributed by atoms with Crippen LogP contribution in [-0.4, -0.2) is 11.0 Å². The van der Waals surface area contributed by atoms with E-state index >= 15 is 0 Å². The van der Waals surface area contributed by atoms with Gasteiger partial charge in [-0.1, -0.05) is 18.2 Å². The average molecular weight is 295 g/mol. The maximum atomic E-state index is 12.7. The van der Waals surface area contributed by atoms with Crippen molar-refractivity contribution >= 4 is 17.3 Å². The summed E-state index contributed by atoms with van der Waals surface area (Å²) in [5.74, 6) is -1.46. The Bertz CT molecular complexity index is 598. The number of carboxylic acids is 1. The molecule has 0 amide bonds. The third-order valence-corrected chi connectivity index (χ3v) is 3.18. The van der Waals surface area contributed by atoms with Gasteiger partial charge >= 0.3 is 35.7 Å². The Morgan fingerprint density at radius 1 is 1.26 bits per heavy atom. The summed E-state index contributed by atoms with van der Waals surface area (Å²) in [6.45, 7) is 0. The zero-order valence-corrected chi connectivity index (χ0v) is 12.5. The molecule has 0 spiro atoms. The van der Waals surface area contributed by atoms with Gasteiger partial charge in [0.1, 0.15) is 5.01 Å². The van der Waals surface area contributed by atoms with E-state index in [-0.39, 0.29) is 45.0 Å². The largest absolute Gasteiger partial charge is 1.00 e. The Hall–Kier alpha value is -0.890. The summed E-state index contributed by atoms with van der Waals surface area (Å²) in [5.41, 5.74) is -0.980. The van der Waals surface area contributed by atoms with Crippen LogP contribution < -0.4 is 34.7 Å². The van der Waals surface area contributed by atoms with Crippen LogP contribution in [0.5, 0.6) is 0 Å². The van der Waals surface area contributed by atoms with Crippen molar-refractivity contribution in [2.45, 2.75) is 6.18 Å². The summed E-state index contributed by atoms with van der Waals surface area (Å²) in [6.07, 6.45) is -3.52. The molecule has 0 radical (unpaired) electrons. The molecule has 0 fully saturated rings. The van der Waals surface area contributed by atoms with Gasteiger partial charge in [-0.05, 0) is 6.07 Å². The van der Waals surface area contributed by atoms with Crippen LogP contribution in [0.4, 0.5) is 13.2 Å². The number of benzene rings is 1. The van der Waals surface area contributed by atoms with Crippen molar-refractivity contribution in [3.8, 4) is 10.6 Å². The molecule has 19 heavy (non-hydrogen) atoms. The van der Waals surface area contributed by atoms with Gasteiger partial charge < -0.3 is 9.90 Å². The molecular formula is C11H5F3NNaO2S. The Morgan fingerprint density at radius 3 is 2.42 bits per heavy atom. The van der Waals surface area contributed by atoms with Crippen LogP contribution in [-0.2, 0) is 6.18 Å². The predicted molar refractivity (Wildman–Crippen MR) is 56.9 cm³/mol. The molecule has 0 unspecified atom stereocenters. The minimum absolute atomic E-state index is 0. The molecule has 0 aliphatic carbocycles. The van der Waals surface area contributed by atoms with Gasteiger partial charge in [0.25, 0.3) is 0 Å². The number of alkyl halides is 3. The van der Waals surface area contributed by atoms with Crippen molar-refractivity contribution < 1.29 is 52.6 Å². The number of carbonyl (C=O) groups excluding carboxylic acids is 1. The van der Waals surface area contributed by atoms with Crippen LogP contribution in [0.15, 0.2) is 30.5 Å². The fourth-order valence-electron chi connectivity index (χ4n) is 1.41. The fourth-order valence-corrected chi connectivity index (χ4v) is 2.20. The second-order valence-electron chi connectivity index (χ2n) is 3.36. The first-order valence-electron chi connectivity index (χ1n) is 4.73. The van der Waals surface area contributed by atoms with E-state index in [2.05, 4.69) is 4.98 Å².